The van der Waals surface area contributed by atoms with Crippen LogP contribution in [0.1, 0.15) is 25.0 Å². The maximum atomic E-state index is 5.20. The molecule has 0 radical (unpaired) electrons. The summed E-state index contributed by atoms with van der Waals surface area (Å²) in [6, 6.07) is 6.08. The van der Waals surface area contributed by atoms with E-state index in [1.54, 1.807) is 13.3 Å². The number of hydrogen-bond donors (Lipinski definition) is 0. The molecule has 3 rings (SSSR count). The van der Waals surface area contributed by atoms with Gasteiger partial charge in [0, 0.05) is 30.5 Å². The summed E-state index contributed by atoms with van der Waals surface area (Å²) in [6.45, 7) is 4.12. The fourth-order valence-electron chi connectivity index (χ4n) is 2.76. The van der Waals surface area contributed by atoms with E-state index in [0.717, 1.165) is 40.8 Å². The van der Waals surface area contributed by atoms with Crippen LogP contribution in [0.15, 0.2) is 29.4 Å². The summed E-state index contributed by atoms with van der Waals surface area (Å²) in [5.74, 6) is 0. The quantitative estimate of drug-likeness (QED) is 0.805. The monoisotopic (exact) mass is 316 g/mol. The molecule has 116 valence electrons. The lowest BCUT2D eigenvalue weighted by Crippen LogP contribution is -2.30. The van der Waals surface area contributed by atoms with Crippen molar-refractivity contribution in [3.8, 4) is 11.3 Å². The molecule has 1 aliphatic rings. The number of aromatic nitrogens is 3. The molecule has 0 amide bonds. The van der Waals surface area contributed by atoms with Gasteiger partial charge in [0.25, 0.3) is 0 Å². The van der Waals surface area contributed by atoms with E-state index >= 15 is 0 Å². The molecule has 0 unspecified atom stereocenters. The maximum absolute atomic E-state index is 5.20. The Bertz CT molecular complexity index is 644. The summed E-state index contributed by atoms with van der Waals surface area (Å²) in [4.78, 5) is 6.73. The van der Waals surface area contributed by atoms with Gasteiger partial charge in [0.05, 0.1) is 30.5 Å². The zero-order valence-electron chi connectivity index (χ0n) is 13.0. The number of hydrogen-bond acceptors (Lipinski definition) is 6. The normalized spacial score (nSPS) is 15.1. The molecule has 0 aliphatic carbocycles. The molecule has 2 aromatic rings. The number of nitrogens with zero attached hydrogens (tertiary/aromatic N) is 4. The van der Waals surface area contributed by atoms with Crippen LogP contribution in [0.25, 0.3) is 11.3 Å². The molecule has 0 bridgehead atoms. The van der Waals surface area contributed by atoms with Gasteiger partial charge in [-0.3, -0.25) is 4.98 Å². The van der Waals surface area contributed by atoms with Crippen LogP contribution in [-0.2, 0) is 4.18 Å². The smallest absolute Gasteiger partial charge is 0.169 e. The molecule has 0 atom stereocenters. The molecule has 0 aromatic carbocycles. The van der Waals surface area contributed by atoms with E-state index in [2.05, 4.69) is 26.1 Å². The minimum absolute atomic E-state index is 0.828. The van der Waals surface area contributed by atoms with Crippen molar-refractivity contribution in [2.75, 3.05) is 25.1 Å². The highest BCUT2D eigenvalue weighted by Crippen LogP contribution is 2.33. The van der Waals surface area contributed by atoms with Crippen LogP contribution in [-0.4, -0.2) is 35.4 Å². The number of anilines is 1. The lowest BCUT2D eigenvalue weighted by molar-refractivity contribution is 0.486. The Morgan fingerprint density at radius 2 is 2.00 bits per heavy atom. The van der Waals surface area contributed by atoms with Gasteiger partial charge in [0.2, 0.25) is 0 Å². The minimum Gasteiger partial charge on any atom is -0.369 e. The molecular formula is C16H20N4OS. The van der Waals surface area contributed by atoms with Crippen molar-refractivity contribution < 1.29 is 4.18 Å². The van der Waals surface area contributed by atoms with Crippen molar-refractivity contribution in [1.29, 1.82) is 0 Å². The largest absolute Gasteiger partial charge is 0.369 e. The van der Waals surface area contributed by atoms with E-state index in [-0.39, 0.29) is 0 Å². The Kier molecular flexibility index (Phi) is 4.90. The summed E-state index contributed by atoms with van der Waals surface area (Å²) < 4.78 is 5.20. The summed E-state index contributed by atoms with van der Waals surface area (Å²) in [7, 11) is 1.66. The zero-order valence-corrected chi connectivity index (χ0v) is 13.8. The predicted octanol–water partition coefficient (Wildman–Crippen LogP) is 3.49. The Morgan fingerprint density at radius 1 is 1.18 bits per heavy atom. The first-order valence-electron chi connectivity index (χ1n) is 7.55. The van der Waals surface area contributed by atoms with Gasteiger partial charge < -0.3 is 9.08 Å². The first kappa shape index (κ1) is 15.2. The summed E-state index contributed by atoms with van der Waals surface area (Å²) in [6.07, 6.45) is 5.55. The highest BCUT2D eigenvalue weighted by Gasteiger charge is 2.18. The molecular weight excluding hydrogens is 296 g/mol. The second-order valence-corrected chi connectivity index (χ2v) is 6.24. The van der Waals surface area contributed by atoms with Gasteiger partial charge in [0.1, 0.15) is 0 Å². The van der Waals surface area contributed by atoms with E-state index in [4.69, 9.17) is 4.18 Å². The lowest BCUT2D eigenvalue weighted by atomic mass is 10.1. The molecule has 22 heavy (non-hydrogen) atoms. The summed E-state index contributed by atoms with van der Waals surface area (Å²) in [5.41, 5.74) is 3.97. The predicted molar refractivity (Wildman–Crippen MR) is 88.9 cm³/mol. The van der Waals surface area contributed by atoms with Crippen LogP contribution in [0.5, 0.6) is 0 Å². The molecule has 2 aromatic heterocycles. The van der Waals surface area contributed by atoms with Gasteiger partial charge in [-0.15, -0.1) is 10.2 Å². The van der Waals surface area contributed by atoms with E-state index in [0.29, 0.717) is 0 Å². The fourth-order valence-corrected chi connectivity index (χ4v) is 3.26. The molecule has 0 spiro atoms. The van der Waals surface area contributed by atoms with Crippen LogP contribution in [0, 0.1) is 6.92 Å². The van der Waals surface area contributed by atoms with Crippen LogP contribution in [0.2, 0.25) is 0 Å². The molecule has 0 saturated carbocycles. The van der Waals surface area contributed by atoms with Crippen LogP contribution >= 0.6 is 12.0 Å². The topological polar surface area (TPSA) is 51.1 Å². The Hall–Kier alpha value is -1.66. The molecule has 5 nitrogen and oxygen atoms in total. The first-order valence-corrected chi connectivity index (χ1v) is 8.29. The lowest BCUT2D eigenvalue weighted by Gasteiger charge is -2.29. The van der Waals surface area contributed by atoms with Gasteiger partial charge >= 0.3 is 0 Å². The van der Waals surface area contributed by atoms with Gasteiger partial charge in [-0.2, -0.15) is 0 Å². The third-order valence-corrected chi connectivity index (χ3v) is 4.50. The number of rotatable bonds is 4. The third-order valence-electron chi connectivity index (χ3n) is 3.88. The fraction of sp³-hybridized carbons (Fsp3) is 0.438. The first-order chi connectivity index (χ1) is 10.8. The SMILES string of the molecule is COSc1nnc(-c2cccnc2C)cc1N1CCCCC1. The van der Waals surface area contributed by atoms with E-state index in [1.807, 2.05) is 19.1 Å². The standard InChI is InChI=1S/C16H20N4OS/c1-12-13(7-6-8-17-12)14-11-15(16(19-18-14)22-21-2)20-9-4-3-5-10-20/h6-8,11H,3-5,9-10H2,1-2H3. The van der Waals surface area contributed by atoms with E-state index < -0.39 is 0 Å². The van der Waals surface area contributed by atoms with Gasteiger partial charge in [-0.05, 0) is 44.4 Å². The summed E-state index contributed by atoms with van der Waals surface area (Å²) >= 11 is 1.27. The average Bonchev–Trinajstić information content (AvgIpc) is 2.57. The summed E-state index contributed by atoms with van der Waals surface area (Å²) in [5, 5.41) is 9.57. The van der Waals surface area contributed by atoms with Crippen molar-refractivity contribution in [3.63, 3.8) is 0 Å². The molecule has 1 aliphatic heterocycles. The Balaban J connectivity index is 2.01. The minimum atomic E-state index is 0.828. The van der Waals surface area contributed by atoms with Crippen LogP contribution in [0.3, 0.4) is 0 Å². The highest BCUT2D eigenvalue weighted by atomic mass is 32.2. The molecule has 3 heterocycles. The highest BCUT2D eigenvalue weighted by molar-refractivity contribution is 7.94. The van der Waals surface area contributed by atoms with Gasteiger partial charge in [0.15, 0.2) is 5.03 Å². The van der Waals surface area contributed by atoms with Crippen LogP contribution in [0.4, 0.5) is 5.69 Å². The zero-order chi connectivity index (χ0) is 15.4. The van der Waals surface area contributed by atoms with Crippen molar-refractivity contribution >= 4 is 17.7 Å². The Labute approximate surface area is 135 Å². The van der Waals surface area contributed by atoms with Crippen LogP contribution < -0.4 is 4.90 Å². The van der Waals surface area contributed by atoms with Gasteiger partial charge in [-0.1, -0.05) is 0 Å². The number of piperidine rings is 1. The van der Waals surface area contributed by atoms with E-state index in [1.165, 1.54) is 31.3 Å². The van der Waals surface area contributed by atoms with Crippen molar-refractivity contribution in [2.45, 2.75) is 31.2 Å². The van der Waals surface area contributed by atoms with E-state index in [9.17, 15) is 0 Å². The third kappa shape index (κ3) is 3.23. The van der Waals surface area contributed by atoms with Crippen molar-refractivity contribution in [3.05, 3.63) is 30.1 Å². The molecule has 0 N–H and O–H groups in total. The van der Waals surface area contributed by atoms with Crippen molar-refractivity contribution in [2.24, 2.45) is 0 Å². The molecule has 1 fully saturated rings. The van der Waals surface area contributed by atoms with Crippen molar-refractivity contribution in [1.82, 2.24) is 15.2 Å². The molecule has 1 saturated heterocycles. The second-order valence-electron chi connectivity index (χ2n) is 5.35. The number of aryl methyl sites for hydroxylation is 1. The number of pyridine rings is 1. The maximum Gasteiger partial charge on any atom is 0.169 e. The van der Waals surface area contributed by atoms with Gasteiger partial charge in [-0.25, -0.2) is 0 Å². The molecule has 6 heteroatoms. The second kappa shape index (κ2) is 7.07. The Morgan fingerprint density at radius 3 is 2.73 bits per heavy atom. The average molecular weight is 316 g/mol.